The Morgan fingerprint density at radius 3 is 2.63 bits per heavy atom. The van der Waals surface area contributed by atoms with Crippen LogP contribution in [-0.2, 0) is 0 Å². The van der Waals surface area contributed by atoms with Crippen molar-refractivity contribution in [1.82, 2.24) is 15.2 Å². The topological polar surface area (TPSA) is 94.2 Å². The van der Waals surface area contributed by atoms with Gasteiger partial charge >= 0.3 is 0 Å². The molecule has 0 unspecified atom stereocenters. The highest BCUT2D eigenvalue weighted by atomic mass is 16.5. The molecule has 1 aromatic carbocycles. The molecule has 4 rings (SSSR count). The summed E-state index contributed by atoms with van der Waals surface area (Å²) in [6.07, 6.45) is 5.48. The predicted octanol–water partition coefficient (Wildman–Crippen LogP) is 2.42. The fraction of sp³-hybridized carbons (Fsp3) is 0.217. The Morgan fingerprint density at radius 1 is 1.07 bits per heavy atom. The van der Waals surface area contributed by atoms with Crippen LogP contribution in [0.4, 0.5) is 5.82 Å². The van der Waals surface area contributed by atoms with Crippen LogP contribution < -0.4 is 15.4 Å². The third kappa shape index (κ3) is 4.92. The number of carbonyl (C=O) groups excluding carboxylic acids is 1. The standard InChI is InChI=1S/C23H21N5O2/c24-23(29)18-4-1-3-17(15-18)6-7-19-8-9-22(27-26-19)28-13-10-20(11-14-28)30-21-5-2-12-25-16-21/h1-5,8-9,12,15-16,20H,10-11,13-14H2,(H2,24,29). The van der Waals surface area contributed by atoms with E-state index in [4.69, 9.17) is 10.5 Å². The van der Waals surface area contributed by atoms with Gasteiger partial charge in [0.15, 0.2) is 5.82 Å². The van der Waals surface area contributed by atoms with Crippen LogP contribution in [0.25, 0.3) is 0 Å². The third-order valence-electron chi connectivity index (χ3n) is 4.84. The summed E-state index contributed by atoms with van der Waals surface area (Å²) in [5, 5.41) is 8.53. The number of carbonyl (C=O) groups is 1. The lowest BCUT2D eigenvalue weighted by atomic mass is 10.1. The molecule has 0 saturated carbocycles. The maximum Gasteiger partial charge on any atom is 0.248 e. The van der Waals surface area contributed by atoms with E-state index in [0.717, 1.165) is 37.5 Å². The highest BCUT2D eigenvalue weighted by Gasteiger charge is 2.21. The number of nitrogens with two attached hydrogens (primary N) is 1. The van der Waals surface area contributed by atoms with Gasteiger partial charge in [-0.2, -0.15) is 0 Å². The van der Waals surface area contributed by atoms with Crippen molar-refractivity contribution in [2.24, 2.45) is 5.73 Å². The summed E-state index contributed by atoms with van der Waals surface area (Å²) in [4.78, 5) is 17.5. The van der Waals surface area contributed by atoms with E-state index in [9.17, 15) is 4.79 Å². The van der Waals surface area contributed by atoms with Crippen molar-refractivity contribution in [2.75, 3.05) is 18.0 Å². The number of piperidine rings is 1. The molecule has 150 valence electrons. The van der Waals surface area contributed by atoms with Crippen LogP contribution in [0.2, 0.25) is 0 Å². The lowest BCUT2D eigenvalue weighted by Gasteiger charge is -2.32. The van der Waals surface area contributed by atoms with E-state index in [1.807, 2.05) is 30.3 Å². The molecular formula is C23H21N5O2. The number of aromatic nitrogens is 3. The van der Waals surface area contributed by atoms with Gasteiger partial charge in [0.2, 0.25) is 5.91 Å². The van der Waals surface area contributed by atoms with Crippen LogP contribution >= 0.6 is 0 Å². The largest absolute Gasteiger partial charge is 0.489 e. The maximum atomic E-state index is 11.3. The first-order valence-electron chi connectivity index (χ1n) is 9.74. The Balaban J connectivity index is 1.34. The molecule has 1 aliphatic heterocycles. The second-order valence-corrected chi connectivity index (χ2v) is 6.96. The zero-order chi connectivity index (χ0) is 20.8. The summed E-state index contributed by atoms with van der Waals surface area (Å²) in [6, 6.07) is 14.5. The third-order valence-corrected chi connectivity index (χ3v) is 4.84. The summed E-state index contributed by atoms with van der Waals surface area (Å²) in [5.74, 6) is 7.12. The number of hydrogen-bond donors (Lipinski definition) is 1. The molecule has 30 heavy (non-hydrogen) atoms. The molecule has 3 aromatic rings. The first-order valence-corrected chi connectivity index (χ1v) is 9.74. The Labute approximate surface area is 174 Å². The van der Waals surface area contributed by atoms with Gasteiger partial charge in [0, 0.05) is 43.3 Å². The van der Waals surface area contributed by atoms with E-state index in [0.29, 0.717) is 16.8 Å². The number of benzene rings is 1. The molecule has 0 atom stereocenters. The molecule has 7 heteroatoms. The van der Waals surface area contributed by atoms with Gasteiger partial charge in [0.1, 0.15) is 17.5 Å². The first kappa shape index (κ1) is 19.4. The minimum Gasteiger partial charge on any atom is -0.489 e. The molecule has 3 heterocycles. The zero-order valence-electron chi connectivity index (χ0n) is 16.4. The molecular weight excluding hydrogens is 378 g/mol. The lowest BCUT2D eigenvalue weighted by molar-refractivity contribution is 0.1000. The highest BCUT2D eigenvalue weighted by Crippen LogP contribution is 2.21. The van der Waals surface area contributed by atoms with Gasteiger partial charge in [-0.3, -0.25) is 9.78 Å². The molecule has 2 N–H and O–H groups in total. The molecule has 1 amide bonds. The number of nitrogens with zero attached hydrogens (tertiary/aromatic N) is 4. The van der Waals surface area contributed by atoms with E-state index in [1.54, 1.807) is 30.6 Å². The summed E-state index contributed by atoms with van der Waals surface area (Å²) < 4.78 is 5.98. The van der Waals surface area contributed by atoms with E-state index in [2.05, 4.69) is 31.9 Å². The van der Waals surface area contributed by atoms with Crippen molar-refractivity contribution in [3.8, 4) is 17.6 Å². The molecule has 1 fully saturated rings. The smallest absolute Gasteiger partial charge is 0.248 e. The van der Waals surface area contributed by atoms with Gasteiger partial charge in [-0.1, -0.05) is 12.0 Å². The van der Waals surface area contributed by atoms with Crippen molar-refractivity contribution in [1.29, 1.82) is 0 Å². The number of ether oxygens (including phenoxy) is 1. The number of anilines is 1. The fourth-order valence-corrected chi connectivity index (χ4v) is 3.26. The molecule has 1 saturated heterocycles. The molecule has 0 radical (unpaired) electrons. The molecule has 1 aliphatic rings. The van der Waals surface area contributed by atoms with E-state index >= 15 is 0 Å². The normalized spacial score (nSPS) is 13.9. The lowest BCUT2D eigenvalue weighted by Crippen LogP contribution is -2.38. The molecule has 2 aromatic heterocycles. The van der Waals surface area contributed by atoms with Crippen molar-refractivity contribution < 1.29 is 9.53 Å². The van der Waals surface area contributed by atoms with Crippen molar-refractivity contribution >= 4 is 11.7 Å². The van der Waals surface area contributed by atoms with Gasteiger partial charge in [-0.05, 0) is 48.4 Å². The van der Waals surface area contributed by atoms with Crippen LogP contribution in [0.1, 0.15) is 34.5 Å². The Hall–Kier alpha value is -3.92. The van der Waals surface area contributed by atoms with Crippen molar-refractivity contribution in [3.05, 3.63) is 77.7 Å². The van der Waals surface area contributed by atoms with Gasteiger partial charge in [-0.15, -0.1) is 10.2 Å². The Morgan fingerprint density at radius 2 is 1.93 bits per heavy atom. The van der Waals surface area contributed by atoms with Gasteiger partial charge in [0.25, 0.3) is 0 Å². The summed E-state index contributed by atoms with van der Waals surface area (Å²) in [5.41, 5.74) is 7.00. The van der Waals surface area contributed by atoms with Crippen LogP contribution in [0.15, 0.2) is 60.9 Å². The minimum absolute atomic E-state index is 0.180. The summed E-state index contributed by atoms with van der Waals surface area (Å²) in [6.45, 7) is 1.70. The summed E-state index contributed by atoms with van der Waals surface area (Å²) >= 11 is 0. The number of pyridine rings is 1. The van der Waals surface area contributed by atoms with E-state index in [-0.39, 0.29) is 6.10 Å². The molecule has 0 spiro atoms. The fourth-order valence-electron chi connectivity index (χ4n) is 3.26. The molecule has 0 aliphatic carbocycles. The molecule has 7 nitrogen and oxygen atoms in total. The second-order valence-electron chi connectivity index (χ2n) is 6.96. The second kappa shape index (κ2) is 9.05. The van der Waals surface area contributed by atoms with Crippen LogP contribution in [0, 0.1) is 11.8 Å². The van der Waals surface area contributed by atoms with Crippen molar-refractivity contribution in [2.45, 2.75) is 18.9 Å². The minimum atomic E-state index is -0.475. The Kier molecular flexibility index (Phi) is 5.85. The number of hydrogen-bond acceptors (Lipinski definition) is 6. The number of rotatable bonds is 4. The highest BCUT2D eigenvalue weighted by molar-refractivity contribution is 5.93. The maximum absolute atomic E-state index is 11.3. The quantitative estimate of drug-likeness (QED) is 0.677. The molecule has 0 bridgehead atoms. The monoisotopic (exact) mass is 399 g/mol. The number of amides is 1. The number of primary amides is 1. The zero-order valence-corrected chi connectivity index (χ0v) is 16.4. The SMILES string of the molecule is NC(=O)c1cccc(C#Cc2ccc(N3CCC(Oc4cccnc4)CC3)nn2)c1. The summed E-state index contributed by atoms with van der Waals surface area (Å²) in [7, 11) is 0. The first-order chi connectivity index (χ1) is 14.7. The van der Waals surface area contributed by atoms with Gasteiger partial charge < -0.3 is 15.4 Å². The van der Waals surface area contributed by atoms with Crippen LogP contribution in [0.5, 0.6) is 5.75 Å². The van der Waals surface area contributed by atoms with Crippen LogP contribution in [-0.4, -0.2) is 40.3 Å². The van der Waals surface area contributed by atoms with Crippen molar-refractivity contribution in [3.63, 3.8) is 0 Å². The average molecular weight is 399 g/mol. The average Bonchev–Trinajstić information content (AvgIpc) is 2.79. The van der Waals surface area contributed by atoms with E-state index < -0.39 is 5.91 Å². The van der Waals surface area contributed by atoms with Gasteiger partial charge in [-0.25, -0.2) is 0 Å². The van der Waals surface area contributed by atoms with Crippen LogP contribution in [0.3, 0.4) is 0 Å². The predicted molar refractivity (Wildman–Crippen MR) is 113 cm³/mol. The Bertz CT molecular complexity index is 1070. The van der Waals surface area contributed by atoms with E-state index in [1.165, 1.54) is 0 Å². The van der Waals surface area contributed by atoms with Gasteiger partial charge in [0.05, 0.1) is 6.20 Å².